The lowest BCUT2D eigenvalue weighted by Gasteiger charge is -2.32. The Morgan fingerprint density at radius 3 is 3.05 bits per heavy atom. The molecule has 1 amide bonds. The number of hydrogen-bond donors (Lipinski definition) is 1. The van der Waals surface area contributed by atoms with Gasteiger partial charge in [0.2, 0.25) is 0 Å². The molecule has 1 unspecified atom stereocenters. The molecule has 1 aromatic carbocycles. The van der Waals surface area contributed by atoms with Crippen molar-refractivity contribution in [3.63, 3.8) is 0 Å². The average molecular weight is 288 g/mol. The average Bonchev–Trinajstić information content (AvgIpc) is 3.01. The van der Waals surface area contributed by atoms with Crippen LogP contribution >= 0.6 is 11.3 Å². The number of nitrogen functional groups attached to an aromatic ring is 1. The van der Waals surface area contributed by atoms with Crippen LogP contribution in [0.4, 0.5) is 5.69 Å². The van der Waals surface area contributed by atoms with Crippen LogP contribution in [0.3, 0.4) is 0 Å². The van der Waals surface area contributed by atoms with Gasteiger partial charge in [0, 0.05) is 17.8 Å². The first kappa shape index (κ1) is 13.1. The van der Waals surface area contributed by atoms with Crippen LogP contribution in [0.25, 0.3) is 0 Å². The smallest absolute Gasteiger partial charge is 0.254 e. The molecule has 104 valence electrons. The Bertz CT molecular complexity index is 598. The number of ether oxygens (including phenoxy) is 1. The van der Waals surface area contributed by atoms with Gasteiger partial charge in [-0.05, 0) is 40.6 Å². The number of nitrogens with zero attached hydrogens (tertiary/aromatic N) is 1. The summed E-state index contributed by atoms with van der Waals surface area (Å²) in [7, 11) is 0. The zero-order chi connectivity index (χ0) is 13.9. The lowest BCUT2D eigenvalue weighted by atomic mass is 10.1. The van der Waals surface area contributed by atoms with Crippen molar-refractivity contribution in [1.82, 2.24) is 4.90 Å². The fourth-order valence-electron chi connectivity index (χ4n) is 2.35. The summed E-state index contributed by atoms with van der Waals surface area (Å²) in [6.07, 6.45) is -0.0278. The lowest BCUT2D eigenvalue weighted by Crippen LogP contribution is -2.42. The van der Waals surface area contributed by atoms with Gasteiger partial charge in [-0.1, -0.05) is 6.07 Å². The molecule has 1 fully saturated rings. The fourth-order valence-corrected chi connectivity index (χ4v) is 3.05. The maximum absolute atomic E-state index is 12.5. The third-order valence-electron chi connectivity index (χ3n) is 3.40. The number of anilines is 1. The minimum atomic E-state index is -0.0278. The van der Waals surface area contributed by atoms with Crippen molar-refractivity contribution in [3.05, 3.63) is 52.2 Å². The second-order valence-electron chi connectivity index (χ2n) is 4.79. The van der Waals surface area contributed by atoms with Crippen molar-refractivity contribution in [2.45, 2.75) is 6.10 Å². The molecule has 4 nitrogen and oxygen atoms in total. The molecule has 0 radical (unpaired) electrons. The van der Waals surface area contributed by atoms with Crippen molar-refractivity contribution in [1.29, 1.82) is 0 Å². The largest absolute Gasteiger partial charge is 0.399 e. The molecule has 5 heteroatoms. The first-order chi connectivity index (χ1) is 9.74. The molecule has 1 aromatic heterocycles. The highest BCUT2D eigenvalue weighted by Gasteiger charge is 2.26. The number of benzene rings is 1. The van der Waals surface area contributed by atoms with E-state index in [0.29, 0.717) is 30.9 Å². The zero-order valence-electron chi connectivity index (χ0n) is 11.0. The Balaban J connectivity index is 1.75. The number of hydrogen-bond acceptors (Lipinski definition) is 4. The fraction of sp³-hybridized carbons (Fsp3) is 0.267. The third-order valence-corrected chi connectivity index (χ3v) is 4.10. The van der Waals surface area contributed by atoms with Crippen molar-refractivity contribution in [2.24, 2.45) is 0 Å². The van der Waals surface area contributed by atoms with E-state index in [-0.39, 0.29) is 12.0 Å². The van der Waals surface area contributed by atoms with Crippen LogP contribution in [0.15, 0.2) is 41.1 Å². The molecule has 0 aliphatic carbocycles. The monoisotopic (exact) mass is 288 g/mol. The van der Waals surface area contributed by atoms with E-state index in [9.17, 15) is 4.79 Å². The number of carbonyl (C=O) groups is 1. The molecule has 2 heterocycles. The molecular formula is C15H16N2O2S. The van der Waals surface area contributed by atoms with E-state index in [2.05, 4.69) is 5.38 Å². The normalized spacial score (nSPS) is 19.0. The molecule has 3 rings (SSSR count). The summed E-state index contributed by atoms with van der Waals surface area (Å²) in [5.74, 6) is 0.0147. The molecular weight excluding hydrogens is 272 g/mol. The molecule has 0 spiro atoms. The van der Waals surface area contributed by atoms with Crippen LogP contribution in [-0.2, 0) is 4.74 Å². The minimum absolute atomic E-state index is 0.0147. The second-order valence-corrected chi connectivity index (χ2v) is 5.57. The van der Waals surface area contributed by atoms with E-state index >= 15 is 0 Å². The zero-order valence-corrected chi connectivity index (χ0v) is 11.8. The number of rotatable bonds is 2. The van der Waals surface area contributed by atoms with Gasteiger partial charge in [-0.2, -0.15) is 11.3 Å². The van der Waals surface area contributed by atoms with E-state index in [1.165, 1.54) is 0 Å². The highest BCUT2D eigenvalue weighted by atomic mass is 32.1. The predicted molar refractivity (Wildman–Crippen MR) is 79.8 cm³/mol. The van der Waals surface area contributed by atoms with Crippen LogP contribution in [0.5, 0.6) is 0 Å². The van der Waals surface area contributed by atoms with Gasteiger partial charge in [0.15, 0.2) is 0 Å². The number of nitrogens with two attached hydrogens (primary N) is 1. The number of morpholine rings is 1. The first-order valence-electron chi connectivity index (χ1n) is 6.52. The maximum atomic E-state index is 12.5. The van der Waals surface area contributed by atoms with Gasteiger partial charge in [0.25, 0.3) is 5.91 Å². The Labute approximate surface area is 121 Å². The van der Waals surface area contributed by atoms with Gasteiger partial charge >= 0.3 is 0 Å². The first-order valence-corrected chi connectivity index (χ1v) is 7.47. The number of carbonyl (C=O) groups excluding carboxylic acids is 1. The molecule has 1 atom stereocenters. The molecule has 1 aliphatic heterocycles. The Morgan fingerprint density at radius 1 is 1.40 bits per heavy atom. The summed E-state index contributed by atoms with van der Waals surface area (Å²) < 4.78 is 5.75. The summed E-state index contributed by atoms with van der Waals surface area (Å²) in [6, 6.07) is 9.15. The Kier molecular flexibility index (Phi) is 3.71. The van der Waals surface area contributed by atoms with Crippen LogP contribution in [0, 0.1) is 0 Å². The second kappa shape index (κ2) is 5.64. The topological polar surface area (TPSA) is 55.6 Å². The van der Waals surface area contributed by atoms with Gasteiger partial charge < -0.3 is 15.4 Å². The third kappa shape index (κ3) is 2.69. The molecule has 0 saturated carbocycles. The molecule has 20 heavy (non-hydrogen) atoms. The molecule has 0 bridgehead atoms. The van der Waals surface area contributed by atoms with Gasteiger partial charge in [-0.3, -0.25) is 4.79 Å². The molecule has 1 saturated heterocycles. The highest BCUT2D eigenvalue weighted by molar-refractivity contribution is 7.07. The Hall–Kier alpha value is -1.85. The van der Waals surface area contributed by atoms with Gasteiger partial charge in [0.05, 0.1) is 13.2 Å². The van der Waals surface area contributed by atoms with Crippen molar-refractivity contribution in [2.75, 3.05) is 25.4 Å². The van der Waals surface area contributed by atoms with Crippen LogP contribution in [0.2, 0.25) is 0 Å². The molecule has 2 N–H and O–H groups in total. The highest BCUT2D eigenvalue weighted by Crippen LogP contribution is 2.25. The standard InChI is InChI=1S/C15H16N2O2S/c16-13-3-1-2-11(8-13)15(18)17-5-6-19-14(9-17)12-4-7-20-10-12/h1-4,7-8,10,14H,5-6,9,16H2. The number of thiophene rings is 1. The summed E-state index contributed by atoms with van der Waals surface area (Å²) in [5, 5.41) is 4.09. The quantitative estimate of drug-likeness (QED) is 0.864. The summed E-state index contributed by atoms with van der Waals surface area (Å²) in [6.45, 7) is 1.77. The van der Waals surface area contributed by atoms with Gasteiger partial charge in [-0.25, -0.2) is 0 Å². The summed E-state index contributed by atoms with van der Waals surface area (Å²) >= 11 is 1.64. The van der Waals surface area contributed by atoms with Crippen molar-refractivity contribution >= 4 is 22.9 Å². The van der Waals surface area contributed by atoms with Gasteiger partial charge in [0.1, 0.15) is 6.10 Å². The molecule has 2 aromatic rings. The van der Waals surface area contributed by atoms with Gasteiger partial charge in [-0.15, -0.1) is 0 Å². The SMILES string of the molecule is Nc1cccc(C(=O)N2CCOC(c3ccsc3)C2)c1. The minimum Gasteiger partial charge on any atom is -0.399 e. The van der Waals surface area contributed by atoms with E-state index in [4.69, 9.17) is 10.5 Å². The van der Waals surface area contributed by atoms with Crippen molar-refractivity contribution in [3.8, 4) is 0 Å². The van der Waals surface area contributed by atoms with Crippen LogP contribution in [0.1, 0.15) is 22.0 Å². The summed E-state index contributed by atoms with van der Waals surface area (Å²) in [4.78, 5) is 14.3. The van der Waals surface area contributed by atoms with E-state index in [1.807, 2.05) is 16.3 Å². The van der Waals surface area contributed by atoms with Crippen LogP contribution < -0.4 is 5.73 Å². The lowest BCUT2D eigenvalue weighted by molar-refractivity contribution is -0.0226. The number of amides is 1. The van der Waals surface area contributed by atoms with E-state index in [1.54, 1.807) is 35.6 Å². The van der Waals surface area contributed by atoms with Crippen molar-refractivity contribution < 1.29 is 9.53 Å². The summed E-state index contributed by atoms with van der Waals surface area (Å²) in [5.41, 5.74) is 8.12. The predicted octanol–water partition coefficient (Wildman–Crippen LogP) is 2.54. The van der Waals surface area contributed by atoms with E-state index < -0.39 is 0 Å². The molecule has 1 aliphatic rings. The van der Waals surface area contributed by atoms with Crippen LogP contribution in [-0.4, -0.2) is 30.5 Å². The Morgan fingerprint density at radius 2 is 2.30 bits per heavy atom. The van der Waals surface area contributed by atoms with E-state index in [0.717, 1.165) is 5.56 Å². The maximum Gasteiger partial charge on any atom is 0.254 e.